The number of anilines is 1. The van der Waals surface area contributed by atoms with Crippen LogP contribution >= 0.6 is 0 Å². The van der Waals surface area contributed by atoms with Gasteiger partial charge in [0.2, 0.25) is 11.7 Å². The van der Waals surface area contributed by atoms with E-state index >= 15 is 0 Å². The lowest BCUT2D eigenvalue weighted by Gasteiger charge is -2.39. The Kier molecular flexibility index (Phi) is 5.92. The maximum atomic E-state index is 5.10. The van der Waals surface area contributed by atoms with Crippen molar-refractivity contribution in [3.8, 4) is 11.5 Å². The zero-order valence-corrected chi connectivity index (χ0v) is 17.3. The highest BCUT2D eigenvalue weighted by Crippen LogP contribution is 2.23. The van der Waals surface area contributed by atoms with Crippen molar-refractivity contribution in [3.05, 3.63) is 24.1 Å². The van der Waals surface area contributed by atoms with Crippen molar-refractivity contribution in [1.82, 2.24) is 24.9 Å². The lowest BCUT2D eigenvalue weighted by molar-refractivity contribution is 0.0965. The molecule has 0 aliphatic carbocycles. The van der Waals surface area contributed by atoms with Crippen molar-refractivity contribution < 1.29 is 4.52 Å². The summed E-state index contributed by atoms with van der Waals surface area (Å²) in [5.74, 6) is 2.14. The fourth-order valence-corrected chi connectivity index (χ4v) is 4.43. The second-order valence-electron chi connectivity index (χ2n) is 8.26. The Balaban J connectivity index is 1.38. The molecule has 2 aromatic heterocycles. The first-order valence-corrected chi connectivity index (χ1v) is 10.6. The molecular formula is C21H32N6O. The first kappa shape index (κ1) is 19.3. The molecule has 0 radical (unpaired) electrons. The Morgan fingerprint density at radius 2 is 1.82 bits per heavy atom. The fourth-order valence-electron chi connectivity index (χ4n) is 4.43. The molecule has 2 aliphatic heterocycles. The third kappa shape index (κ3) is 4.36. The minimum atomic E-state index is 0.563. The van der Waals surface area contributed by atoms with Crippen LogP contribution in [0.5, 0.6) is 0 Å². The predicted molar refractivity (Wildman–Crippen MR) is 110 cm³/mol. The Morgan fingerprint density at radius 1 is 1.00 bits per heavy atom. The van der Waals surface area contributed by atoms with Gasteiger partial charge in [-0.2, -0.15) is 4.98 Å². The van der Waals surface area contributed by atoms with Crippen LogP contribution in [0.4, 0.5) is 5.82 Å². The Bertz CT molecular complexity index is 768. The van der Waals surface area contributed by atoms with E-state index in [0.717, 1.165) is 37.2 Å². The van der Waals surface area contributed by atoms with Crippen LogP contribution in [0.2, 0.25) is 0 Å². The van der Waals surface area contributed by atoms with E-state index in [1.807, 2.05) is 12.1 Å². The van der Waals surface area contributed by atoms with Crippen LogP contribution in [0, 0.1) is 6.92 Å². The van der Waals surface area contributed by atoms with E-state index in [1.54, 1.807) is 6.92 Å². The molecule has 0 saturated carbocycles. The SMILES string of the molecule is Cc1nc(-c2cccc(N3CCCN(C4CCN(C(C)C)CC4)CC3)n2)no1. The standard InChI is InChI=1S/C21H32N6O/c1-16(2)25-12-8-18(9-13-25)26-10-5-11-27(15-14-26)20-7-4-6-19(23-20)21-22-17(3)28-24-21/h4,6-7,16,18H,5,8-15H2,1-3H3. The summed E-state index contributed by atoms with van der Waals surface area (Å²) in [6, 6.07) is 7.47. The zero-order chi connectivity index (χ0) is 19.5. The van der Waals surface area contributed by atoms with Gasteiger partial charge in [0.25, 0.3) is 0 Å². The highest BCUT2D eigenvalue weighted by molar-refractivity contribution is 5.53. The Labute approximate surface area is 167 Å². The zero-order valence-electron chi connectivity index (χ0n) is 17.3. The van der Waals surface area contributed by atoms with Gasteiger partial charge in [-0.1, -0.05) is 11.2 Å². The third-order valence-corrected chi connectivity index (χ3v) is 6.09. The van der Waals surface area contributed by atoms with Crippen LogP contribution in [-0.4, -0.2) is 76.3 Å². The summed E-state index contributed by atoms with van der Waals surface area (Å²) >= 11 is 0. The van der Waals surface area contributed by atoms with Gasteiger partial charge >= 0.3 is 0 Å². The number of aryl methyl sites for hydroxylation is 1. The van der Waals surface area contributed by atoms with Crippen LogP contribution in [0.1, 0.15) is 39.0 Å². The maximum Gasteiger partial charge on any atom is 0.223 e. The van der Waals surface area contributed by atoms with Crippen molar-refractivity contribution in [2.24, 2.45) is 0 Å². The molecule has 28 heavy (non-hydrogen) atoms. The van der Waals surface area contributed by atoms with Crippen molar-refractivity contribution in [2.75, 3.05) is 44.2 Å². The number of pyridine rings is 1. The van der Waals surface area contributed by atoms with Crippen LogP contribution in [0.25, 0.3) is 11.5 Å². The van der Waals surface area contributed by atoms with Gasteiger partial charge < -0.3 is 14.3 Å². The van der Waals surface area contributed by atoms with Gasteiger partial charge in [0, 0.05) is 45.2 Å². The summed E-state index contributed by atoms with van der Waals surface area (Å²) in [5.41, 5.74) is 0.775. The molecule has 0 aromatic carbocycles. The number of aromatic nitrogens is 3. The monoisotopic (exact) mass is 384 g/mol. The van der Waals surface area contributed by atoms with Crippen molar-refractivity contribution in [3.63, 3.8) is 0 Å². The van der Waals surface area contributed by atoms with Crippen molar-refractivity contribution in [2.45, 2.75) is 52.1 Å². The highest BCUT2D eigenvalue weighted by Gasteiger charge is 2.27. The van der Waals surface area contributed by atoms with E-state index in [-0.39, 0.29) is 0 Å². The first-order chi connectivity index (χ1) is 13.6. The molecule has 0 N–H and O–H groups in total. The molecule has 4 rings (SSSR count). The molecule has 0 spiro atoms. The summed E-state index contributed by atoms with van der Waals surface area (Å²) in [6.07, 6.45) is 3.77. The van der Waals surface area contributed by atoms with Crippen LogP contribution in [-0.2, 0) is 0 Å². The molecule has 0 unspecified atom stereocenters. The molecule has 2 saturated heterocycles. The quantitative estimate of drug-likeness (QED) is 0.803. The van der Waals surface area contributed by atoms with E-state index in [2.05, 4.69) is 44.8 Å². The molecule has 7 heteroatoms. The topological polar surface area (TPSA) is 61.5 Å². The van der Waals surface area contributed by atoms with Gasteiger partial charge in [-0.15, -0.1) is 0 Å². The fraction of sp³-hybridized carbons (Fsp3) is 0.667. The normalized spacial score (nSPS) is 20.6. The van der Waals surface area contributed by atoms with Gasteiger partial charge in [0.1, 0.15) is 11.5 Å². The minimum absolute atomic E-state index is 0.563. The van der Waals surface area contributed by atoms with Crippen LogP contribution in [0.15, 0.2) is 22.7 Å². The molecule has 2 fully saturated rings. The number of likely N-dealkylation sites (tertiary alicyclic amines) is 1. The number of nitrogens with zero attached hydrogens (tertiary/aromatic N) is 6. The highest BCUT2D eigenvalue weighted by atomic mass is 16.5. The first-order valence-electron chi connectivity index (χ1n) is 10.6. The molecule has 2 aliphatic rings. The summed E-state index contributed by atoms with van der Waals surface area (Å²) in [7, 11) is 0. The van der Waals surface area contributed by atoms with Crippen LogP contribution < -0.4 is 4.90 Å². The largest absolute Gasteiger partial charge is 0.355 e. The van der Waals surface area contributed by atoms with E-state index in [1.165, 1.54) is 38.9 Å². The molecule has 0 amide bonds. The minimum Gasteiger partial charge on any atom is -0.355 e. The number of piperidine rings is 1. The smallest absolute Gasteiger partial charge is 0.223 e. The van der Waals surface area contributed by atoms with Crippen molar-refractivity contribution in [1.29, 1.82) is 0 Å². The Hall–Kier alpha value is -1.99. The lowest BCUT2D eigenvalue weighted by atomic mass is 10.0. The van der Waals surface area contributed by atoms with Crippen LogP contribution in [0.3, 0.4) is 0 Å². The molecular weight excluding hydrogens is 352 g/mol. The lowest BCUT2D eigenvalue weighted by Crippen LogP contribution is -2.47. The number of hydrogen-bond acceptors (Lipinski definition) is 7. The second-order valence-corrected chi connectivity index (χ2v) is 8.26. The summed E-state index contributed by atoms with van der Waals surface area (Å²) in [5, 5.41) is 4.00. The predicted octanol–water partition coefficient (Wildman–Crippen LogP) is 2.82. The van der Waals surface area contributed by atoms with Crippen molar-refractivity contribution >= 4 is 5.82 Å². The summed E-state index contributed by atoms with van der Waals surface area (Å²) in [6.45, 7) is 13.2. The summed E-state index contributed by atoms with van der Waals surface area (Å²) in [4.78, 5) is 16.8. The molecule has 2 aromatic rings. The second kappa shape index (κ2) is 8.57. The molecule has 4 heterocycles. The molecule has 7 nitrogen and oxygen atoms in total. The average Bonchev–Trinajstić information content (AvgIpc) is 3.00. The molecule has 0 bridgehead atoms. The van der Waals surface area contributed by atoms with Gasteiger partial charge in [0.15, 0.2) is 0 Å². The maximum absolute atomic E-state index is 5.10. The van der Waals surface area contributed by atoms with E-state index in [0.29, 0.717) is 17.8 Å². The van der Waals surface area contributed by atoms with Gasteiger partial charge in [-0.05, 0) is 58.3 Å². The average molecular weight is 385 g/mol. The number of rotatable bonds is 4. The van der Waals surface area contributed by atoms with Gasteiger partial charge in [0.05, 0.1) is 0 Å². The summed E-state index contributed by atoms with van der Waals surface area (Å²) < 4.78 is 5.10. The Morgan fingerprint density at radius 3 is 2.54 bits per heavy atom. The molecule has 152 valence electrons. The van der Waals surface area contributed by atoms with E-state index in [9.17, 15) is 0 Å². The molecule has 0 atom stereocenters. The van der Waals surface area contributed by atoms with E-state index < -0.39 is 0 Å². The van der Waals surface area contributed by atoms with E-state index in [4.69, 9.17) is 9.51 Å². The third-order valence-electron chi connectivity index (χ3n) is 6.09. The van der Waals surface area contributed by atoms with Gasteiger partial charge in [-0.3, -0.25) is 4.90 Å². The van der Waals surface area contributed by atoms with Gasteiger partial charge in [-0.25, -0.2) is 4.98 Å². The number of hydrogen-bond donors (Lipinski definition) is 0.